The van der Waals surface area contributed by atoms with Crippen LogP contribution < -0.4 is 5.32 Å². The Kier molecular flexibility index (Phi) is 4.92. The molecule has 0 aromatic carbocycles. The van der Waals surface area contributed by atoms with Crippen LogP contribution >= 0.6 is 0 Å². The first-order valence-corrected chi connectivity index (χ1v) is 9.79. The molecule has 1 saturated heterocycles. The quantitative estimate of drug-likeness (QED) is 0.660. The summed E-state index contributed by atoms with van der Waals surface area (Å²) in [6, 6.07) is 0.850. The Morgan fingerprint density at radius 3 is 2.68 bits per heavy atom. The molecule has 2 bridgehead atoms. The third-order valence-corrected chi connectivity index (χ3v) is 6.06. The van der Waals surface area contributed by atoms with Crippen LogP contribution in [0, 0.1) is 18.8 Å². The van der Waals surface area contributed by atoms with E-state index in [2.05, 4.69) is 32.2 Å². The fourth-order valence-corrected chi connectivity index (χ4v) is 4.90. The number of aryl methyl sites for hydroxylation is 1. The minimum Gasteiger partial charge on any atom is -0.357 e. The van der Waals surface area contributed by atoms with Crippen molar-refractivity contribution >= 4 is 5.96 Å². The number of guanidine groups is 1. The molecule has 3 aliphatic rings. The van der Waals surface area contributed by atoms with Crippen LogP contribution in [-0.4, -0.2) is 64.7 Å². The fraction of sp³-hybridized carbons (Fsp3) is 0.833. The lowest BCUT2D eigenvalue weighted by Crippen LogP contribution is -2.55. The average Bonchev–Trinajstić information content (AvgIpc) is 3.36. The van der Waals surface area contributed by atoms with Gasteiger partial charge in [0.2, 0.25) is 5.89 Å². The Bertz CT molecular complexity index is 606. The largest absolute Gasteiger partial charge is 0.357 e. The van der Waals surface area contributed by atoms with E-state index >= 15 is 0 Å². The summed E-state index contributed by atoms with van der Waals surface area (Å²) in [7, 11) is 0. The first-order valence-electron chi connectivity index (χ1n) is 9.79. The van der Waals surface area contributed by atoms with E-state index in [1.807, 2.05) is 0 Å². The zero-order valence-corrected chi connectivity index (χ0v) is 15.4. The molecule has 0 radical (unpaired) electrons. The van der Waals surface area contributed by atoms with Crippen LogP contribution in [0.25, 0.3) is 0 Å². The van der Waals surface area contributed by atoms with E-state index in [-0.39, 0.29) is 0 Å². The first-order chi connectivity index (χ1) is 12.2. The van der Waals surface area contributed by atoms with Crippen LogP contribution in [0.5, 0.6) is 0 Å². The molecule has 7 heteroatoms. The van der Waals surface area contributed by atoms with Gasteiger partial charge in [0.05, 0.1) is 0 Å². The van der Waals surface area contributed by atoms with E-state index in [0.717, 1.165) is 56.6 Å². The van der Waals surface area contributed by atoms with Crippen LogP contribution in [-0.2, 0) is 6.54 Å². The Morgan fingerprint density at radius 1 is 1.24 bits per heavy atom. The normalized spacial score (nSPS) is 30.2. The number of rotatable bonds is 4. The lowest BCUT2D eigenvalue weighted by atomic mass is 9.93. The van der Waals surface area contributed by atoms with Gasteiger partial charge in [-0.15, -0.1) is 0 Å². The summed E-state index contributed by atoms with van der Waals surface area (Å²) >= 11 is 0. The number of aliphatic imine (C=N–C) groups is 1. The zero-order valence-electron chi connectivity index (χ0n) is 15.4. The van der Waals surface area contributed by atoms with Gasteiger partial charge in [-0.2, -0.15) is 4.98 Å². The Labute approximate surface area is 149 Å². The summed E-state index contributed by atoms with van der Waals surface area (Å²) in [6.07, 6.45) is 5.87. The van der Waals surface area contributed by atoms with Gasteiger partial charge in [0.15, 0.2) is 11.8 Å². The second-order valence-electron chi connectivity index (χ2n) is 7.67. The molecule has 0 unspecified atom stereocenters. The Morgan fingerprint density at radius 2 is 2.08 bits per heavy atom. The van der Waals surface area contributed by atoms with Crippen molar-refractivity contribution in [3.05, 3.63) is 11.7 Å². The summed E-state index contributed by atoms with van der Waals surface area (Å²) in [5, 5.41) is 7.34. The molecule has 25 heavy (non-hydrogen) atoms. The van der Waals surface area contributed by atoms with Crippen LogP contribution in [0.4, 0.5) is 0 Å². The molecule has 1 N–H and O–H groups in total. The van der Waals surface area contributed by atoms with Gasteiger partial charge in [-0.3, -0.25) is 4.90 Å². The van der Waals surface area contributed by atoms with Crippen molar-refractivity contribution in [1.82, 2.24) is 25.3 Å². The minimum atomic E-state index is 0.465. The highest BCUT2D eigenvalue weighted by molar-refractivity contribution is 5.80. The fourth-order valence-electron chi connectivity index (χ4n) is 4.90. The van der Waals surface area contributed by atoms with Crippen molar-refractivity contribution < 1.29 is 4.52 Å². The minimum absolute atomic E-state index is 0.465. The zero-order chi connectivity index (χ0) is 17.2. The highest BCUT2D eigenvalue weighted by Gasteiger charge is 2.42. The van der Waals surface area contributed by atoms with E-state index in [9.17, 15) is 0 Å². The van der Waals surface area contributed by atoms with Gasteiger partial charge in [0.25, 0.3) is 0 Å². The molecule has 3 atom stereocenters. The molecule has 1 aliphatic heterocycles. The molecular formula is C18H30N6O. The van der Waals surface area contributed by atoms with Crippen molar-refractivity contribution in [2.45, 2.75) is 52.1 Å². The molecule has 1 aromatic heterocycles. The maximum Gasteiger partial charge on any atom is 0.223 e. The lowest BCUT2D eigenvalue weighted by Gasteiger charge is -2.41. The smallest absolute Gasteiger partial charge is 0.223 e. The maximum atomic E-state index is 5.03. The monoisotopic (exact) mass is 346 g/mol. The lowest BCUT2D eigenvalue weighted by molar-refractivity contribution is 0.0958. The van der Waals surface area contributed by atoms with Crippen LogP contribution in [0.2, 0.25) is 0 Å². The number of hydrogen-bond acceptors (Lipinski definition) is 5. The predicted molar refractivity (Wildman–Crippen MR) is 96.2 cm³/mol. The maximum absolute atomic E-state index is 5.03. The summed E-state index contributed by atoms with van der Waals surface area (Å²) in [5.41, 5.74) is 0. The molecule has 7 nitrogen and oxygen atoms in total. The molecule has 4 rings (SSSR count). The summed E-state index contributed by atoms with van der Waals surface area (Å²) in [5.74, 6) is 4.20. The van der Waals surface area contributed by atoms with E-state index in [1.165, 1.54) is 25.7 Å². The van der Waals surface area contributed by atoms with Gasteiger partial charge in [0, 0.05) is 45.7 Å². The van der Waals surface area contributed by atoms with Gasteiger partial charge in [-0.1, -0.05) is 11.6 Å². The highest BCUT2D eigenvalue weighted by atomic mass is 16.5. The van der Waals surface area contributed by atoms with E-state index in [0.29, 0.717) is 18.3 Å². The molecule has 1 aromatic rings. The number of hydrogen-bond donors (Lipinski definition) is 1. The molecule has 138 valence electrons. The van der Waals surface area contributed by atoms with Crippen molar-refractivity contribution in [3.8, 4) is 0 Å². The van der Waals surface area contributed by atoms with Crippen LogP contribution in [0.3, 0.4) is 0 Å². The second kappa shape index (κ2) is 7.32. The van der Waals surface area contributed by atoms with Crippen molar-refractivity contribution in [1.29, 1.82) is 0 Å². The van der Waals surface area contributed by atoms with Gasteiger partial charge in [-0.05, 0) is 38.0 Å². The molecule has 2 aliphatic carbocycles. The number of nitrogens with zero attached hydrogens (tertiary/aromatic N) is 5. The summed E-state index contributed by atoms with van der Waals surface area (Å²) in [6.45, 7) is 9.65. The Balaban J connectivity index is 1.33. The third kappa shape index (κ3) is 3.66. The van der Waals surface area contributed by atoms with E-state index < -0.39 is 0 Å². The summed E-state index contributed by atoms with van der Waals surface area (Å²) in [4.78, 5) is 14.1. The molecule has 0 spiro atoms. The van der Waals surface area contributed by atoms with Crippen molar-refractivity contribution in [3.63, 3.8) is 0 Å². The van der Waals surface area contributed by atoms with Gasteiger partial charge in [-0.25, -0.2) is 4.99 Å². The predicted octanol–water partition coefficient (Wildman–Crippen LogP) is 1.65. The molecule has 3 fully saturated rings. The molecule has 0 amide bonds. The highest BCUT2D eigenvalue weighted by Crippen LogP contribution is 2.46. The number of fused-ring (bicyclic) bond motifs is 2. The average molecular weight is 346 g/mol. The standard InChI is InChI=1S/C18H30N6O/c1-3-19-18(20-12-17-21-13(2)25-22-17)24-8-6-23(7-9-24)16-11-14-4-5-15(16)10-14/h14-16H,3-12H2,1-2H3,(H,19,20)/t14-,15-,16+/m0/s1. The topological polar surface area (TPSA) is 69.8 Å². The van der Waals surface area contributed by atoms with Crippen molar-refractivity contribution in [2.75, 3.05) is 32.7 Å². The molecule has 2 heterocycles. The van der Waals surface area contributed by atoms with E-state index in [1.54, 1.807) is 6.92 Å². The molecule has 2 saturated carbocycles. The number of nitrogens with one attached hydrogen (secondary N) is 1. The molecular weight excluding hydrogens is 316 g/mol. The third-order valence-electron chi connectivity index (χ3n) is 6.06. The summed E-state index contributed by atoms with van der Waals surface area (Å²) < 4.78 is 5.03. The van der Waals surface area contributed by atoms with E-state index in [4.69, 9.17) is 9.52 Å². The number of aromatic nitrogens is 2. The van der Waals surface area contributed by atoms with Gasteiger partial charge in [0.1, 0.15) is 6.54 Å². The number of piperazine rings is 1. The van der Waals surface area contributed by atoms with Crippen LogP contribution in [0.1, 0.15) is 44.3 Å². The van der Waals surface area contributed by atoms with Gasteiger partial charge < -0.3 is 14.7 Å². The van der Waals surface area contributed by atoms with Crippen LogP contribution in [0.15, 0.2) is 9.52 Å². The van der Waals surface area contributed by atoms with Gasteiger partial charge >= 0.3 is 0 Å². The second-order valence-corrected chi connectivity index (χ2v) is 7.67. The SMILES string of the molecule is CCNC(=NCc1noc(C)n1)N1CCN([C@@H]2C[C@H]3CC[C@H]2C3)CC1. The Hall–Kier alpha value is -1.63. The first kappa shape index (κ1) is 16.8. The van der Waals surface area contributed by atoms with Crippen molar-refractivity contribution in [2.24, 2.45) is 16.8 Å².